The van der Waals surface area contributed by atoms with Crippen LogP contribution in [0.25, 0.3) is 0 Å². The first kappa shape index (κ1) is 14.2. The topological polar surface area (TPSA) is 29.1 Å². The van der Waals surface area contributed by atoms with Gasteiger partial charge in [0.25, 0.3) is 0 Å². The summed E-state index contributed by atoms with van der Waals surface area (Å²) in [7, 11) is -0.623. The molecule has 1 rings (SSSR count). The van der Waals surface area contributed by atoms with E-state index in [-0.39, 0.29) is 0 Å². The molecule has 0 spiro atoms. The standard InChI is InChI=1S/C13H27NOS/c1-3-12-6-4-7-13(9-8-12)14-10-5-11-16(2)15/h12-14H,3-11H2,1-2H3. The molecule has 1 aliphatic rings. The smallest absolute Gasteiger partial charge is 0.0244 e. The van der Waals surface area contributed by atoms with E-state index in [1.807, 2.05) is 0 Å². The summed E-state index contributed by atoms with van der Waals surface area (Å²) in [4.78, 5) is 0. The number of nitrogens with one attached hydrogen (secondary N) is 1. The Morgan fingerprint density at radius 1 is 1.25 bits per heavy atom. The van der Waals surface area contributed by atoms with Gasteiger partial charge in [0, 0.05) is 28.9 Å². The maximum absolute atomic E-state index is 10.9. The molecule has 3 heteroatoms. The van der Waals surface area contributed by atoms with Crippen molar-refractivity contribution in [3.8, 4) is 0 Å². The molecule has 0 aromatic rings. The molecule has 3 atom stereocenters. The van der Waals surface area contributed by atoms with Crippen LogP contribution < -0.4 is 5.32 Å². The summed E-state index contributed by atoms with van der Waals surface area (Å²) in [5.74, 6) is 1.81. The van der Waals surface area contributed by atoms with Crippen molar-refractivity contribution < 1.29 is 4.21 Å². The van der Waals surface area contributed by atoms with Crippen LogP contribution >= 0.6 is 0 Å². The van der Waals surface area contributed by atoms with Gasteiger partial charge in [0.15, 0.2) is 0 Å². The molecule has 96 valence electrons. The van der Waals surface area contributed by atoms with E-state index in [9.17, 15) is 4.21 Å². The minimum atomic E-state index is -0.623. The molecule has 16 heavy (non-hydrogen) atoms. The zero-order valence-electron chi connectivity index (χ0n) is 10.8. The Balaban J connectivity index is 2.10. The molecule has 1 aliphatic carbocycles. The summed E-state index contributed by atoms with van der Waals surface area (Å²) in [5.41, 5.74) is 0. The van der Waals surface area contributed by atoms with E-state index < -0.39 is 10.8 Å². The molecule has 0 amide bonds. The highest BCUT2D eigenvalue weighted by molar-refractivity contribution is 7.84. The lowest BCUT2D eigenvalue weighted by molar-refractivity contribution is 0.426. The van der Waals surface area contributed by atoms with Gasteiger partial charge < -0.3 is 5.32 Å². The highest BCUT2D eigenvalue weighted by atomic mass is 32.2. The molecule has 0 saturated heterocycles. The summed E-state index contributed by atoms with van der Waals surface area (Å²) in [6.07, 6.45) is 11.1. The summed E-state index contributed by atoms with van der Waals surface area (Å²) in [6, 6.07) is 0.724. The lowest BCUT2D eigenvalue weighted by Crippen LogP contribution is -2.30. The van der Waals surface area contributed by atoms with Crippen LogP contribution in [0.3, 0.4) is 0 Å². The zero-order chi connectivity index (χ0) is 11.8. The van der Waals surface area contributed by atoms with Gasteiger partial charge in [0.2, 0.25) is 0 Å². The first-order chi connectivity index (χ1) is 7.72. The van der Waals surface area contributed by atoms with E-state index in [1.165, 1.54) is 38.5 Å². The molecule has 2 nitrogen and oxygen atoms in total. The van der Waals surface area contributed by atoms with Crippen LogP contribution in [-0.2, 0) is 10.8 Å². The molecule has 0 heterocycles. The van der Waals surface area contributed by atoms with Gasteiger partial charge in [0.05, 0.1) is 0 Å². The molecular weight excluding hydrogens is 218 g/mol. The first-order valence-corrected chi connectivity index (χ1v) is 8.48. The molecule has 0 aliphatic heterocycles. The average Bonchev–Trinajstić information content (AvgIpc) is 2.49. The highest BCUT2D eigenvalue weighted by Crippen LogP contribution is 2.25. The van der Waals surface area contributed by atoms with E-state index in [0.29, 0.717) is 0 Å². The van der Waals surface area contributed by atoms with Gasteiger partial charge in [-0.3, -0.25) is 4.21 Å². The first-order valence-electron chi connectivity index (χ1n) is 6.75. The fraction of sp³-hybridized carbons (Fsp3) is 1.00. The zero-order valence-corrected chi connectivity index (χ0v) is 11.7. The van der Waals surface area contributed by atoms with Crippen LogP contribution in [0.1, 0.15) is 51.9 Å². The van der Waals surface area contributed by atoms with Crippen molar-refractivity contribution in [1.82, 2.24) is 5.32 Å². The minimum Gasteiger partial charge on any atom is -0.314 e. The number of hydrogen-bond donors (Lipinski definition) is 1. The third-order valence-corrected chi connectivity index (χ3v) is 4.57. The summed E-state index contributed by atoms with van der Waals surface area (Å²) < 4.78 is 10.9. The second-order valence-corrected chi connectivity index (χ2v) is 6.62. The van der Waals surface area contributed by atoms with E-state index in [2.05, 4.69) is 12.2 Å². The van der Waals surface area contributed by atoms with Crippen molar-refractivity contribution in [2.45, 2.75) is 57.9 Å². The number of rotatable bonds is 6. The molecule has 0 radical (unpaired) electrons. The Morgan fingerprint density at radius 3 is 2.75 bits per heavy atom. The van der Waals surface area contributed by atoms with Crippen LogP contribution in [-0.4, -0.2) is 28.8 Å². The molecule has 1 N–H and O–H groups in total. The van der Waals surface area contributed by atoms with E-state index >= 15 is 0 Å². The van der Waals surface area contributed by atoms with Gasteiger partial charge >= 0.3 is 0 Å². The third kappa shape index (κ3) is 6.00. The van der Waals surface area contributed by atoms with E-state index in [4.69, 9.17) is 0 Å². The molecule has 1 saturated carbocycles. The predicted octanol–water partition coefficient (Wildman–Crippen LogP) is 2.70. The van der Waals surface area contributed by atoms with Crippen molar-refractivity contribution in [1.29, 1.82) is 0 Å². The predicted molar refractivity (Wildman–Crippen MR) is 72.2 cm³/mol. The Hall–Kier alpha value is 0.110. The second-order valence-electron chi connectivity index (χ2n) is 5.06. The van der Waals surface area contributed by atoms with Crippen LogP contribution in [0, 0.1) is 5.92 Å². The highest BCUT2D eigenvalue weighted by Gasteiger charge is 2.16. The lowest BCUT2D eigenvalue weighted by Gasteiger charge is -2.16. The van der Waals surface area contributed by atoms with Crippen LogP contribution in [0.5, 0.6) is 0 Å². The van der Waals surface area contributed by atoms with Crippen LogP contribution in [0.15, 0.2) is 0 Å². The average molecular weight is 245 g/mol. The van der Waals surface area contributed by atoms with Gasteiger partial charge in [0.1, 0.15) is 0 Å². The molecule has 1 fully saturated rings. The van der Waals surface area contributed by atoms with Gasteiger partial charge in [-0.15, -0.1) is 0 Å². The fourth-order valence-electron chi connectivity index (χ4n) is 2.57. The summed E-state index contributed by atoms with van der Waals surface area (Å²) in [5, 5.41) is 3.63. The second kappa shape index (κ2) is 8.24. The summed E-state index contributed by atoms with van der Waals surface area (Å²) >= 11 is 0. The Kier molecular flexibility index (Phi) is 7.30. The summed E-state index contributed by atoms with van der Waals surface area (Å²) in [6.45, 7) is 3.36. The van der Waals surface area contributed by atoms with Gasteiger partial charge in [-0.1, -0.05) is 26.2 Å². The van der Waals surface area contributed by atoms with Crippen molar-refractivity contribution in [2.75, 3.05) is 18.6 Å². The Bertz CT molecular complexity index is 208. The van der Waals surface area contributed by atoms with Crippen molar-refractivity contribution in [3.05, 3.63) is 0 Å². The Morgan fingerprint density at radius 2 is 2.06 bits per heavy atom. The van der Waals surface area contributed by atoms with E-state index in [0.717, 1.165) is 30.7 Å². The monoisotopic (exact) mass is 245 g/mol. The quantitative estimate of drug-likeness (QED) is 0.576. The van der Waals surface area contributed by atoms with Gasteiger partial charge in [-0.05, 0) is 38.1 Å². The normalized spacial score (nSPS) is 28.6. The fourth-order valence-corrected chi connectivity index (χ4v) is 3.12. The lowest BCUT2D eigenvalue weighted by atomic mass is 9.98. The van der Waals surface area contributed by atoms with Gasteiger partial charge in [-0.2, -0.15) is 0 Å². The van der Waals surface area contributed by atoms with Crippen molar-refractivity contribution in [3.63, 3.8) is 0 Å². The minimum absolute atomic E-state index is 0.623. The molecule has 0 aromatic carbocycles. The van der Waals surface area contributed by atoms with Gasteiger partial charge in [-0.25, -0.2) is 0 Å². The number of hydrogen-bond acceptors (Lipinski definition) is 2. The van der Waals surface area contributed by atoms with E-state index in [1.54, 1.807) is 6.26 Å². The van der Waals surface area contributed by atoms with Crippen LogP contribution in [0.4, 0.5) is 0 Å². The van der Waals surface area contributed by atoms with Crippen molar-refractivity contribution in [2.24, 2.45) is 5.92 Å². The van der Waals surface area contributed by atoms with Crippen LogP contribution in [0.2, 0.25) is 0 Å². The third-order valence-electron chi connectivity index (χ3n) is 3.71. The van der Waals surface area contributed by atoms with Crippen molar-refractivity contribution >= 4 is 10.8 Å². The Labute approximate surface area is 103 Å². The maximum Gasteiger partial charge on any atom is 0.0244 e. The molecule has 0 bridgehead atoms. The molecular formula is C13H27NOS. The molecule has 0 aromatic heterocycles. The SMILES string of the molecule is CCC1CCCC(NCCCS(C)=O)CC1. The largest absolute Gasteiger partial charge is 0.314 e. The molecule has 3 unspecified atom stereocenters. The maximum atomic E-state index is 10.9.